The van der Waals surface area contributed by atoms with Crippen molar-refractivity contribution in [2.75, 3.05) is 5.32 Å². The standard InChI is InChI=1S/C29H18F6N6O/c30-28(31,32)21-7-3-4-17(10-21)15-40-16-22(14-36-40)37-27(42)24-13-26-38-23(12-25(29(33,34)35)41(26)39-24)20-9-8-18-5-1-2-6-19(18)11-20/h1-14,16H,15H2,(H,37,42). The van der Waals surface area contributed by atoms with E-state index in [1.165, 1.54) is 29.2 Å². The van der Waals surface area contributed by atoms with Crippen LogP contribution in [-0.4, -0.2) is 30.3 Å². The van der Waals surface area contributed by atoms with Crippen LogP contribution in [0.15, 0.2) is 91.3 Å². The van der Waals surface area contributed by atoms with E-state index in [0.29, 0.717) is 15.6 Å². The van der Waals surface area contributed by atoms with Crippen LogP contribution in [0.2, 0.25) is 0 Å². The first-order chi connectivity index (χ1) is 19.9. The van der Waals surface area contributed by atoms with Crippen LogP contribution >= 0.6 is 0 Å². The van der Waals surface area contributed by atoms with Crippen molar-refractivity contribution in [3.8, 4) is 11.3 Å². The van der Waals surface area contributed by atoms with E-state index in [4.69, 9.17) is 0 Å². The van der Waals surface area contributed by atoms with Gasteiger partial charge in [0.1, 0.15) is 0 Å². The molecule has 0 aliphatic heterocycles. The number of anilines is 1. The van der Waals surface area contributed by atoms with Crippen molar-refractivity contribution in [2.24, 2.45) is 0 Å². The summed E-state index contributed by atoms with van der Waals surface area (Å²) >= 11 is 0. The van der Waals surface area contributed by atoms with Crippen molar-refractivity contribution in [3.63, 3.8) is 0 Å². The van der Waals surface area contributed by atoms with Gasteiger partial charge in [-0.05, 0) is 40.6 Å². The number of aromatic nitrogens is 5. The molecule has 3 aromatic carbocycles. The highest BCUT2D eigenvalue weighted by molar-refractivity contribution is 6.03. The number of hydrogen-bond donors (Lipinski definition) is 1. The fourth-order valence-electron chi connectivity index (χ4n) is 4.53. The number of amides is 1. The predicted octanol–water partition coefficient (Wildman–Crippen LogP) is 7.08. The molecule has 0 spiro atoms. The van der Waals surface area contributed by atoms with E-state index in [-0.39, 0.29) is 29.3 Å². The molecule has 0 radical (unpaired) electrons. The lowest BCUT2D eigenvalue weighted by molar-refractivity contribution is -0.142. The van der Waals surface area contributed by atoms with Gasteiger partial charge in [-0.2, -0.15) is 36.5 Å². The van der Waals surface area contributed by atoms with E-state index in [2.05, 4.69) is 20.5 Å². The van der Waals surface area contributed by atoms with Gasteiger partial charge in [-0.15, -0.1) is 0 Å². The third-order valence-corrected chi connectivity index (χ3v) is 6.49. The minimum absolute atomic E-state index is 0.00936. The quantitative estimate of drug-likeness (QED) is 0.221. The monoisotopic (exact) mass is 580 g/mol. The third kappa shape index (κ3) is 5.40. The van der Waals surface area contributed by atoms with Gasteiger partial charge in [-0.3, -0.25) is 9.48 Å². The summed E-state index contributed by atoms with van der Waals surface area (Å²) in [6.07, 6.45) is -6.65. The molecule has 1 amide bonds. The van der Waals surface area contributed by atoms with Gasteiger partial charge >= 0.3 is 12.4 Å². The number of rotatable bonds is 5. The summed E-state index contributed by atoms with van der Waals surface area (Å²) in [7, 11) is 0. The van der Waals surface area contributed by atoms with Gasteiger partial charge in [0.05, 0.1) is 29.7 Å². The summed E-state index contributed by atoms with van der Waals surface area (Å²) in [5, 5.41) is 12.1. The number of fused-ring (bicyclic) bond motifs is 2. The lowest BCUT2D eigenvalue weighted by Crippen LogP contribution is -2.15. The average molecular weight is 580 g/mol. The van der Waals surface area contributed by atoms with Crippen molar-refractivity contribution >= 4 is 28.0 Å². The molecular formula is C29H18F6N6O. The molecule has 0 aliphatic carbocycles. The Bertz CT molecular complexity index is 1960. The number of halogens is 6. The Hall–Kier alpha value is -5.20. The van der Waals surface area contributed by atoms with Gasteiger partial charge in [0.15, 0.2) is 17.0 Å². The van der Waals surface area contributed by atoms with E-state index in [1.54, 1.807) is 18.2 Å². The molecule has 0 bridgehead atoms. The number of hydrogen-bond acceptors (Lipinski definition) is 4. The second kappa shape index (κ2) is 10.0. The Labute approximate surface area is 233 Å². The first kappa shape index (κ1) is 27.0. The third-order valence-electron chi connectivity index (χ3n) is 6.49. The molecule has 0 aliphatic rings. The van der Waals surface area contributed by atoms with Crippen LogP contribution in [0.1, 0.15) is 27.3 Å². The first-order valence-electron chi connectivity index (χ1n) is 12.4. The number of benzene rings is 3. The summed E-state index contributed by atoms with van der Waals surface area (Å²) in [6.45, 7) is -0.00936. The summed E-state index contributed by atoms with van der Waals surface area (Å²) in [5.74, 6) is -0.820. The molecule has 6 aromatic rings. The highest BCUT2D eigenvalue weighted by atomic mass is 19.4. The maximum Gasteiger partial charge on any atom is 0.433 e. The molecule has 1 N–H and O–H groups in total. The van der Waals surface area contributed by atoms with Crippen LogP contribution < -0.4 is 5.32 Å². The van der Waals surface area contributed by atoms with Crippen LogP contribution in [-0.2, 0) is 18.9 Å². The van der Waals surface area contributed by atoms with E-state index >= 15 is 0 Å². The molecule has 13 heteroatoms. The number of carbonyl (C=O) groups excluding carboxylic acids is 1. The van der Waals surface area contributed by atoms with Gasteiger partial charge in [0.25, 0.3) is 5.91 Å². The first-order valence-corrected chi connectivity index (χ1v) is 12.4. The lowest BCUT2D eigenvalue weighted by atomic mass is 10.0. The SMILES string of the molecule is O=C(Nc1cnn(Cc2cccc(C(F)(F)F)c2)c1)c1cc2nc(-c3ccc4ccccc4c3)cc(C(F)(F)F)n2n1. The van der Waals surface area contributed by atoms with Crippen molar-refractivity contribution in [1.82, 2.24) is 24.4 Å². The second-order valence-corrected chi connectivity index (χ2v) is 9.46. The molecule has 0 unspecified atom stereocenters. The Morgan fingerprint density at radius 3 is 2.38 bits per heavy atom. The molecule has 3 aromatic heterocycles. The zero-order chi connectivity index (χ0) is 29.6. The van der Waals surface area contributed by atoms with Crippen LogP contribution in [0.25, 0.3) is 27.7 Å². The Morgan fingerprint density at radius 2 is 1.62 bits per heavy atom. The van der Waals surface area contributed by atoms with Crippen LogP contribution in [0.4, 0.5) is 32.0 Å². The summed E-state index contributed by atoms with van der Waals surface area (Å²) in [4.78, 5) is 17.2. The Kier molecular flexibility index (Phi) is 6.44. The maximum atomic E-state index is 14.0. The topological polar surface area (TPSA) is 77.1 Å². The number of carbonyl (C=O) groups is 1. The number of alkyl halides is 6. The molecule has 0 saturated carbocycles. The van der Waals surface area contributed by atoms with Crippen molar-refractivity contribution in [1.29, 1.82) is 0 Å². The molecule has 42 heavy (non-hydrogen) atoms. The maximum absolute atomic E-state index is 14.0. The highest BCUT2D eigenvalue weighted by Gasteiger charge is 2.36. The highest BCUT2D eigenvalue weighted by Crippen LogP contribution is 2.33. The molecule has 0 atom stereocenters. The van der Waals surface area contributed by atoms with Gasteiger partial charge in [-0.25, -0.2) is 9.50 Å². The largest absolute Gasteiger partial charge is 0.433 e. The molecule has 7 nitrogen and oxygen atoms in total. The van der Waals surface area contributed by atoms with Crippen LogP contribution in [0.5, 0.6) is 0 Å². The van der Waals surface area contributed by atoms with Gasteiger partial charge < -0.3 is 5.32 Å². The summed E-state index contributed by atoms with van der Waals surface area (Å²) in [6, 6.07) is 19.3. The minimum Gasteiger partial charge on any atom is -0.318 e. The number of nitrogens with zero attached hydrogens (tertiary/aromatic N) is 5. The molecule has 0 fully saturated rings. The molecule has 3 heterocycles. The fraction of sp³-hybridized carbons (Fsp3) is 0.103. The van der Waals surface area contributed by atoms with Crippen molar-refractivity contribution < 1.29 is 31.1 Å². The zero-order valence-electron chi connectivity index (χ0n) is 21.3. The van der Waals surface area contributed by atoms with Crippen LogP contribution in [0.3, 0.4) is 0 Å². The minimum atomic E-state index is -4.79. The lowest BCUT2D eigenvalue weighted by Gasteiger charge is -2.11. The zero-order valence-corrected chi connectivity index (χ0v) is 21.3. The second-order valence-electron chi connectivity index (χ2n) is 9.46. The van der Waals surface area contributed by atoms with E-state index in [1.807, 2.05) is 24.3 Å². The van der Waals surface area contributed by atoms with E-state index in [9.17, 15) is 31.1 Å². The summed E-state index contributed by atoms with van der Waals surface area (Å²) in [5.41, 5.74) is -1.39. The molecular weight excluding hydrogens is 562 g/mol. The Morgan fingerprint density at radius 1 is 0.833 bits per heavy atom. The molecule has 0 saturated heterocycles. The normalized spacial score (nSPS) is 12.2. The fourth-order valence-corrected chi connectivity index (χ4v) is 4.53. The smallest absolute Gasteiger partial charge is 0.318 e. The predicted molar refractivity (Wildman–Crippen MR) is 142 cm³/mol. The molecule has 212 valence electrons. The summed E-state index contributed by atoms with van der Waals surface area (Å²) < 4.78 is 83.0. The van der Waals surface area contributed by atoms with Crippen LogP contribution in [0, 0.1) is 0 Å². The van der Waals surface area contributed by atoms with Gasteiger partial charge in [0.2, 0.25) is 0 Å². The van der Waals surface area contributed by atoms with Gasteiger partial charge in [-0.1, -0.05) is 48.5 Å². The Balaban J connectivity index is 1.27. The van der Waals surface area contributed by atoms with E-state index < -0.39 is 29.5 Å². The van der Waals surface area contributed by atoms with Gasteiger partial charge in [0, 0.05) is 17.8 Å². The van der Waals surface area contributed by atoms with Crippen molar-refractivity contribution in [2.45, 2.75) is 18.9 Å². The number of nitrogens with one attached hydrogen (secondary N) is 1. The van der Waals surface area contributed by atoms with Crippen molar-refractivity contribution in [3.05, 3.63) is 114 Å². The molecule has 6 rings (SSSR count). The van der Waals surface area contributed by atoms with E-state index in [0.717, 1.165) is 35.0 Å². The average Bonchev–Trinajstić information content (AvgIpc) is 3.58.